The summed E-state index contributed by atoms with van der Waals surface area (Å²) in [5.41, 5.74) is 1.04. The number of ether oxygens (including phenoxy) is 1. The van der Waals surface area contributed by atoms with E-state index in [1.165, 1.54) is 10.9 Å². The minimum atomic E-state index is -0.428. The zero-order valence-corrected chi connectivity index (χ0v) is 19.8. The summed E-state index contributed by atoms with van der Waals surface area (Å²) in [6, 6.07) is 7.67. The minimum Gasteiger partial charge on any atom is -0.488 e. The van der Waals surface area contributed by atoms with E-state index in [2.05, 4.69) is 5.32 Å². The predicted molar refractivity (Wildman–Crippen MR) is 125 cm³/mol. The second-order valence-electron chi connectivity index (χ2n) is 8.01. The Kier molecular flexibility index (Phi) is 8.50. The van der Waals surface area contributed by atoms with Gasteiger partial charge >= 0.3 is 6.03 Å². The molecule has 1 N–H and O–H groups in total. The Morgan fingerprint density at radius 3 is 2.81 bits per heavy atom. The third-order valence-electron chi connectivity index (χ3n) is 5.86. The van der Waals surface area contributed by atoms with Crippen LogP contribution in [-0.4, -0.2) is 54.0 Å². The van der Waals surface area contributed by atoms with Gasteiger partial charge in [-0.3, -0.25) is 4.79 Å². The molecular weight excluding hydrogens is 429 g/mol. The summed E-state index contributed by atoms with van der Waals surface area (Å²) in [5.74, 6) is -0.388. The highest BCUT2D eigenvalue weighted by Crippen LogP contribution is 2.34. The lowest BCUT2D eigenvalue weighted by Gasteiger charge is -2.38. The fraction of sp³-hybridized carbons (Fsp3) is 0.500. The van der Waals surface area contributed by atoms with Crippen LogP contribution in [0.25, 0.3) is 0 Å². The molecule has 0 bridgehead atoms. The highest BCUT2D eigenvalue weighted by Gasteiger charge is 2.34. The van der Waals surface area contributed by atoms with Gasteiger partial charge in [-0.25, -0.2) is 9.18 Å². The van der Waals surface area contributed by atoms with Crippen LogP contribution in [0.3, 0.4) is 0 Å². The maximum Gasteiger partial charge on any atom is 0.318 e. The lowest BCUT2D eigenvalue weighted by atomic mass is 10.00. The molecule has 1 aromatic carbocycles. The molecule has 1 aromatic heterocycles. The number of carbonyl (C=O) groups is 2. The van der Waals surface area contributed by atoms with Crippen LogP contribution in [0.15, 0.2) is 35.7 Å². The molecule has 8 heteroatoms. The van der Waals surface area contributed by atoms with Crippen molar-refractivity contribution in [3.63, 3.8) is 0 Å². The lowest BCUT2D eigenvalue weighted by Crippen LogP contribution is -2.52. The molecule has 0 saturated carbocycles. The topological polar surface area (TPSA) is 61.9 Å². The van der Waals surface area contributed by atoms with E-state index in [9.17, 15) is 14.0 Å². The van der Waals surface area contributed by atoms with Crippen molar-refractivity contribution < 1.29 is 18.7 Å². The molecule has 174 valence electrons. The van der Waals surface area contributed by atoms with Gasteiger partial charge in [0.2, 0.25) is 5.91 Å². The summed E-state index contributed by atoms with van der Waals surface area (Å²) in [6.07, 6.45) is 2.35. The van der Waals surface area contributed by atoms with E-state index in [4.69, 9.17) is 4.74 Å². The van der Waals surface area contributed by atoms with Gasteiger partial charge in [0.15, 0.2) is 11.6 Å². The van der Waals surface area contributed by atoms with E-state index in [0.29, 0.717) is 13.1 Å². The average molecular weight is 462 g/mol. The normalized spacial score (nSPS) is 16.2. The number of nitrogens with zero attached hydrogens (tertiary/aromatic N) is 2. The van der Waals surface area contributed by atoms with Crippen LogP contribution in [0.2, 0.25) is 0 Å². The first-order valence-corrected chi connectivity index (χ1v) is 12.1. The van der Waals surface area contributed by atoms with Crippen molar-refractivity contribution in [1.29, 1.82) is 0 Å². The number of hydrogen-bond acceptors (Lipinski definition) is 4. The second kappa shape index (κ2) is 11.3. The van der Waals surface area contributed by atoms with Crippen LogP contribution in [0, 0.1) is 5.82 Å². The molecule has 3 amide bonds. The largest absolute Gasteiger partial charge is 0.488 e. The molecule has 0 fully saturated rings. The zero-order valence-electron chi connectivity index (χ0n) is 19.0. The highest BCUT2D eigenvalue weighted by molar-refractivity contribution is 7.10. The maximum atomic E-state index is 14.1. The number of amides is 3. The summed E-state index contributed by atoms with van der Waals surface area (Å²) in [7, 11) is 0. The number of urea groups is 1. The van der Waals surface area contributed by atoms with Gasteiger partial charge in [0.25, 0.3) is 0 Å². The van der Waals surface area contributed by atoms with E-state index in [0.717, 1.165) is 24.8 Å². The Morgan fingerprint density at radius 2 is 2.09 bits per heavy atom. The Balaban J connectivity index is 1.77. The molecule has 2 aromatic rings. The molecular formula is C24H32FN3O3S. The minimum absolute atomic E-state index is 0.000221. The smallest absolute Gasteiger partial charge is 0.318 e. The van der Waals surface area contributed by atoms with Gasteiger partial charge < -0.3 is 19.9 Å². The lowest BCUT2D eigenvalue weighted by molar-refractivity contribution is -0.136. The third kappa shape index (κ3) is 5.59. The van der Waals surface area contributed by atoms with Crippen molar-refractivity contribution in [2.75, 3.05) is 26.2 Å². The molecule has 1 aliphatic rings. The summed E-state index contributed by atoms with van der Waals surface area (Å²) in [4.78, 5) is 30.7. The third-order valence-corrected chi connectivity index (χ3v) is 6.86. The number of carbonyl (C=O) groups excluding carboxylic acids is 2. The first-order chi connectivity index (χ1) is 15.5. The molecule has 6 nitrogen and oxygen atoms in total. The number of halogens is 1. The Bertz CT molecular complexity index is 919. The van der Waals surface area contributed by atoms with Crippen LogP contribution in [-0.2, 0) is 11.2 Å². The summed E-state index contributed by atoms with van der Waals surface area (Å²) in [5, 5.41) is 4.90. The second-order valence-corrected chi connectivity index (χ2v) is 9.01. The van der Waals surface area contributed by atoms with Crippen LogP contribution in [0.4, 0.5) is 9.18 Å². The highest BCUT2D eigenvalue weighted by atomic mass is 32.1. The SMILES string of the molecule is CCCNC(=O)N(CC(=O)N1CCc2sccc2C1COc1ccccc1F)C(C)CC. The van der Waals surface area contributed by atoms with Crippen molar-refractivity contribution in [1.82, 2.24) is 15.1 Å². The first-order valence-electron chi connectivity index (χ1n) is 11.2. The number of para-hydroxylation sites is 1. The molecule has 32 heavy (non-hydrogen) atoms. The summed E-state index contributed by atoms with van der Waals surface area (Å²) < 4.78 is 19.9. The number of hydrogen-bond donors (Lipinski definition) is 1. The number of benzene rings is 1. The number of thiophene rings is 1. The van der Waals surface area contributed by atoms with E-state index in [1.54, 1.807) is 39.3 Å². The van der Waals surface area contributed by atoms with Crippen molar-refractivity contribution in [3.8, 4) is 5.75 Å². The Labute approximate surface area is 193 Å². The predicted octanol–water partition coefficient (Wildman–Crippen LogP) is 4.61. The van der Waals surface area contributed by atoms with Crippen LogP contribution >= 0.6 is 11.3 Å². The van der Waals surface area contributed by atoms with Crippen molar-refractivity contribution in [2.45, 2.75) is 52.1 Å². The molecule has 0 saturated heterocycles. The zero-order chi connectivity index (χ0) is 23.1. The van der Waals surface area contributed by atoms with E-state index in [1.807, 2.05) is 32.2 Å². The molecule has 0 aliphatic carbocycles. The number of fused-ring (bicyclic) bond motifs is 1. The van der Waals surface area contributed by atoms with Gasteiger partial charge in [0, 0.05) is 24.0 Å². The van der Waals surface area contributed by atoms with Gasteiger partial charge in [0.05, 0.1) is 6.04 Å². The monoisotopic (exact) mass is 461 g/mol. The molecule has 2 heterocycles. The van der Waals surface area contributed by atoms with Gasteiger partial charge in [-0.05, 0) is 55.3 Å². The molecule has 0 spiro atoms. The Hall–Kier alpha value is -2.61. The number of rotatable bonds is 9. The fourth-order valence-corrected chi connectivity index (χ4v) is 4.75. The van der Waals surface area contributed by atoms with Gasteiger partial charge in [-0.15, -0.1) is 11.3 Å². The molecule has 3 rings (SSSR count). The maximum absolute atomic E-state index is 14.1. The number of nitrogens with one attached hydrogen (secondary N) is 1. The first kappa shape index (κ1) is 24.0. The van der Waals surface area contributed by atoms with Crippen LogP contribution in [0.5, 0.6) is 5.75 Å². The van der Waals surface area contributed by atoms with Gasteiger partial charge in [-0.2, -0.15) is 0 Å². The van der Waals surface area contributed by atoms with Gasteiger partial charge in [-0.1, -0.05) is 26.0 Å². The van der Waals surface area contributed by atoms with Crippen molar-refractivity contribution in [2.24, 2.45) is 0 Å². The quantitative estimate of drug-likeness (QED) is 0.593. The fourth-order valence-electron chi connectivity index (χ4n) is 3.82. The van der Waals surface area contributed by atoms with E-state index in [-0.39, 0.29) is 42.9 Å². The summed E-state index contributed by atoms with van der Waals surface area (Å²) in [6.45, 7) is 7.21. The van der Waals surface area contributed by atoms with Crippen LogP contribution < -0.4 is 10.1 Å². The molecule has 0 radical (unpaired) electrons. The van der Waals surface area contributed by atoms with Crippen molar-refractivity contribution in [3.05, 3.63) is 52.0 Å². The molecule has 2 unspecified atom stereocenters. The summed E-state index contributed by atoms with van der Waals surface area (Å²) >= 11 is 1.66. The van der Waals surface area contributed by atoms with E-state index < -0.39 is 5.82 Å². The van der Waals surface area contributed by atoms with Gasteiger partial charge in [0.1, 0.15) is 13.2 Å². The Morgan fingerprint density at radius 1 is 1.31 bits per heavy atom. The standard InChI is InChI=1S/C24H32FN3O3S/c1-4-12-26-24(30)28(17(3)5-2)15-23(29)27-13-10-22-18(11-14-32-22)20(27)16-31-21-9-7-6-8-19(21)25/h6-9,11,14,17,20H,4-5,10,12-13,15-16H2,1-3H3,(H,26,30). The van der Waals surface area contributed by atoms with E-state index >= 15 is 0 Å². The van der Waals surface area contributed by atoms with Crippen LogP contribution in [0.1, 0.15) is 50.1 Å². The molecule has 1 aliphatic heterocycles. The average Bonchev–Trinajstić information content (AvgIpc) is 3.28. The molecule has 2 atom stereocenters. The van der Waals surface area contributed by atoms with Crippen molar-refractivity contribution >= 4 is 23.3 Å².